The number of nitrogens with zero attached hydrogens (tertiary/aromatic N) is 3. The Morgan fingerprint density at radius 1 is 1.32 bits per heavy atom. The van der Waals surface area contributed by atoms with Crippen LogP contribution in [-0.4, -0.2) is 33.6 Å². The van der Waals surface area contributed by atoms with Gasteiger partial charge < -0.3 is 10.1 Å². The number of fused-ring (bicyclic) bond motifs is 1. The van der Waals surface area contributed by atoms with Crippen molar-refractivity contribution in [1.82, 2.24) is 20.0 Å². The highest BCUT2D eigenvalue weighted by atomic mass is 16.5. The molecule has 9 nitrogen and oxygen atoms in total. The van der Waals surface area contributed by atoms with Crippen LogP contribution >= 0.6 is 0 Å². The molecule has 0 unspecified atom stereocenters. The van der Waals surface area contributed by atoms with E-state index >= 15 is 0 Å². The summed E-state index contributed by atoms with van der Waals surface area (Å²) in [6.07, 6.45) is 2.95. The molecule has 25 heavy (non-hydrogen) atoms. The molecule has 0 bridgehead atoms. The number of carbonyl (C=O) groups is 2. The lowest BCUT2D eigenvalue weighted by atomic mass is 10.1. The summed E-state index contributed by atoms with van der Waals surface area (Å²) in [6.45, 7) is 1.79. The molecule has 3 rings (SSSR count). The Balaban J connectivity index is 2.04. The zero-order valence-electron chi connectivity index (χ0n) is 13.6. The van der Waals surface area contributed by atoms with Gasteiger partial charge in [0.2, 0.25) is 0 Å². The summed E-state index contributed by atoms with van der Waals surface area (Å²) in [7, 11) is 1.32. The lowest BCUT2D eigenvalue weighted by Gasteiger charge is -2.09. The molecular weight excluding hydrogens is 324 g/mol. The fourth-order valence-electron chi connectivity index (χ4n) is 2.53. The first-order valence-corrected chi connectivity index (χ1v) is 7.34. The topological polar surface area (TPSA) is 124 Å². The Hall–Kier alpha value is -3.46. The van der Waals surface area contributed by atoms with Crippen molar-refractivity contribution in [3.05, 3.63) is 53.5 Å². The maximum atomic E-state index is 11.9. The molecule has 2 aromatic heterocycles. The standard InChI is InChI=1S/C16H16N6O3/c1-9-12(16(24)25-2)7-22-13(9)14(18-8-19-22)20-11-5-3-4-10(6-11)15(23)21-17/h3-8H,17H2,1-2H3,(H,21,23)(H,18,19,20). The van der Waals surface area contributed by atoms with Crippen molar-refractivity contribution in [1.29, 1.82) is 0 Å². The van der Waals surface area contributed by atoms with E-state index in [1.54, 1.807) is 41.9 Å². The van der Waals surface area contributed by atoms with Crippen LogP contribution in [0, 0.1) is 6.92 Å². The number of aryl methyl sites for hydroxylation is 1. The fourth-order valence-corrected chi connectivity index (χ4v) is 2.53. The maximum absolute atomic E-state index is 11.9. The minimum absolute atomic E-state index is 0.400. The van der Waals surface area contributed by atoms with E-state index in [0.717, 1.165) is 0 Å². The molecule has 0 radical (unpaired) electrons. The number of anilines is 2. The summed E-state index contributed by atoms with van der Waals surface area (Å²) in [4.78, 5) is 27.8. The number of nitrogens with one attached hydrogen (secondary N) is 2. The molecule has 0 spiro atoms. The Kier molecular flexibility index (Phi) is 4.31. The van der Waals surface area contributed by atoms with Crippen LogP contribution in [0.15, 0.2) is 36.8 Å². The zero-order valence-corrected chi connectivity index (χ0v) is 13.6. The summed E-state index contributed by atoms with van der Waals surface area (Å²) >= 11 is 0. The van der Waals surface area contributed by atoms with Crippen molar-refractivity contribution < 1.29 is 14.3 Å². The van der Waals surface area contributed by atoms with Gasteiger partial charge in [0.15, 0.2) is 5.82 Å². The first-order valence-electron chi connectivity index (χ1n) is 7.34. The predicted octanol–water partition coefficient (Wildman–Crippen LogP) is 1.17. The van der Waals surface area contributed by atoms with Gasteiger partial charge in [-0.05, 0) is 30.7 Å². The Morgan fingerprint density at radius 3 is 2.84 bits per heavy atom. The van der Waals surface area contributed by atoms with Gasteiger partial charge in [-0.15, -0.1) is 0 Å². The van der Waals surface area contributed by atoms with Gasteiger partial charge in [0.1, 0.15) is 11.8 Å². The van der Waals surface area contributed by atoms with Crippen LogP contribution in [-0.2, 0) is 4.74 Å². The molecule has 0 aliphatic carbocycles. The van der Waals surface area contributed by atoms with E-state index in [0.29, 0.717) is 33.7 Å². The first-order chi connectivity index (χ1) is 12.0. The van der Waals surface area contributed by atoms with Crippen LogP contribution in [0.5, 0.6) is 0 Å². The van der Waals surface area contributed by atoms with Crippen LogP contribution in [0.25, 0.3) is 5.52 Å². The molecule has 1 aromatic carbocycles. The summed E-state index contributed by atoms with van der Waals surface area (Å²) in [5.74, 6) is 4.80. The maximum Gasteiger partial charge on any atom is 0.339 e. The molecule has 1 amide bonds. The van der Waals surface area contributed by atoms with E-state index in [-0.39, 0.29) is 0 Å². The van der Waals surface area contributed by atoms with Crippen molar-refractivity contribution in [2.75, 3.05) is 12.4 Å². The van der Waals surface area contributed by atoms with E-state index < -0.39 is 11.9 Å². The van der Waals surface area contributed by atoms with E-state index in [4.69, 9.17) is 10.6 Å². The number of carbonyl (C=O) groups excluding carboxylic acids is 2. The molecule has 0 saturated heterocycles. The second-order valence-electron chi connectivity index (χ2n) is 5.24. The summed E-state index contributed by atoms with van der Waals surface area (Å²) in [5.41, 5.74) is 4.86. The predicted molar refractivity (Wildman–Crippen MR) is 90.4 cm³/mol. The van der Waals surface area contributed by atoms with Crippen LogP contribution in [0.2, 0.25) is 0 Å². The smallest absolute Gasteiger partial charge is 0.339 e. The van der Waals surface area contributed by atoms with Crippen molar-refractivity contribution in [3.8, 4) is 0 Å². The van der Waals surface area contributed by atoms with Crippen molar-refractivity contribution in [3.63, 3.8) is 0 Å². The molecule has 0 atom stereocenters. The summed E-state index contributed by atoms with van der Waals surface area (Å²) in [6, 6.07) is 6.78. The number of rotatable bonds is 4. The third kappa shape index (κ3) is 3.00. The Morgan fingerprint density at radius 2 is 2.12 bits per heavy atom. The number of esters is 1. The number of nitrogens with two attached hydrogens (primary N) is 1. The van der Waals surface area contributed by atoms with Gasteiger partial charge in [0.25, 0.3) is 5.91 Å². The molecule has 128 valence electrons. The lowest BCUT2D eigenvalue weighted by molar-refractivity contribution is 0.0600. The van der Waals surface area contributed by atoms with Gasteiger partial charge in [-0.1, -0.05) is 6.07 Å². The number of ether oxygens (including phenoxy) is 1. The van der Waals surface area contributed by atoms with Crippen molar-refractivity contribution >= 4 is 28.9 Å². The summed E-state index contributed by atoms with van der Waals surface area (Å²) < 4.78 is 6.33. The van der Waals surface area contributed by atoms with E-state index in [1.165, 1.54) is 13.4 Å². The largest absolute Gasteiger partial charge is 0.465 e. The van der Waals surface area contributed by atoms with Crippen molar-refractivity contribution in [2.45, 2.75) is 6.92 Å². The Bertz CT molecular complexity index is 966. The third-order valence-electron chi connectivity index (χ3n) is 3.75. The van der Waals surface area contributed by atoms with Crippen LogP contribution < -0.4 is 16.6 Å². The van der Waals surface area contributed by atoms with E-state index in [1.807, 2.05) is 0 Å². The minimum Gasteiger partial charge on any atom is -0.465 e. The number of hydrazine groups is 1. The highest BCUT2D eigenvalue weighted by molar-refractivity contribution is 5.96. The molecule has 0 fully saturated rings. The average Bonchev–Trinajstić information content (AvgIpc) is 2.98. The highest BCUT2D eigenvalue weighted by Crippen LogP contribution is 2.26. The SMILES string of the molecule is COC(=O)c1cn2ncnc(Nc3cccc(C(=O)NN)c3)c2c1C. The molecule has 9 heteroatoms. The minimum atomic E-state index is -0.449. The third-order valence-corrected chi connectivity index (χ3v) is 3.75. The number of benzene rings is 1. The Labute approximate surface area is 142 Å². The molecular formula is C16H16N6O3. The number of hydrogen-bond acceptors (Lipinski definition) is 7. The lowest BCUT2D eigenvalue weighted by Crippen LogP contribution is -2.29. The van der Waals surface area contributed by atoms with Gasteiger partial charge in [-0.25, -0.2) is 20.1 Å². The zero-order chi connectivity index (χ0) is 18.0. The van der Waals surface area contributed by atoms with Gasteiger partial charge in [-0.3, -0.25) is 10.2 Å². The molecule has 0 aliphatic heterocycles. The highest BCUT2D eigenvalue weighted by Gasteiger charge is 2.18. The van der Waals surface area contributed by atoms with Crippen LogP contribution in [0.1, 0.15) is 26.3 Å². The van der Waals surface area contributed by atoms with E-state index in [2.05, 4.69) is 20.8 Å². The number of nitrogen functional groups attached to an aromatic ring is 1. The summed E-state index contributed by atoms with van der Waals surface area (Å²) in [5, 5.41) is 7.25. The van der Waals surface area contributed by atoms with Crippen molar-refractivity contribution in [2.24, 2.45) is 5.84 Å². The van der Waals surface area contributed by atoms with Crippen LogP contribution in [0.3, 0.4) is 0 Å². The van der Waals surface area contributed by atoms with Gasteiger partial charge in [0.05, 0.1) is 12.7 Å². The van der Waals surface area contributed by atoms with Gasteiger partial charge in [-0.2, -0.15) is 5.10 Å². The molecule has 0 saturated carbocycles. The average molecular weight is 340 g/mol. The van der Waals surface area contributed by atoms with Gasteiger partial charge >= 0.3 is 5.97 Å². The second-order valence-corrected chi connectivity index (χ2v) is 5.24. The fraction of sp³-hybridized carbons (Fsp3) is 0.125. The quantitative estimate of drug-likeness (QED) is 0.282. The number of aromatic nitrogens is 3. The van der Waals surface area contributed by atoms with E-state index in [9.17, 15) is 9.59 Å². The number of hydrogen-bond donors (Lipinski definition) is 3. The number of methoxy groups -OCH3 is 1. The molecule has 3 aromatic rings. The normalized spacial score (nSPS) is 10.5. The number of amides is 1. The first kappa shape index (κ1) is 16.4. The van der Waals surface area contributed by atoms with Gasteiger partial charge in [0, 0.05) is 17.4 Å². The molecule has 2 heterocycles. The second kappa shape index (κ2) is 6.57. The molecule has 4 N–H and O–H groups in total. The van der Waals surface area contributed by atoms with Crippen LogP contribution in [0.4, 0.5) is 11.5 Å². The monoisotopic (exact) mass is 340 g/mol. The molecule has 0 aliphatic rings.